The average molecular weight is 1440 g/mol. The maximum Gasteiger partial charge on any atom is -0.0184 e. The third-order valence-electron chi connectivity index (χ3n) is 7.32. The van der Waals surface area contributed by atoms with E-state index in [9.17, 15) is 0 Å². The van der Waals surface area contributed by atoms with Crippen LogP contribution >= 0.6 is 0 Å². The molecule has 0 aliphatic rings. The zero-order valence-corrected chi connectivity index (χ0v) is 79.4. The maximum absolute atomic E-state index is 2.12. The smallest absolute Gasteiger partial charge is 0.0184 e. The normalized spacial score (nSPS) is 6.25. The number of benzene rings is 10. The minimum Gasteiger partial charge on any atom is -0.0683 e. The van der Waals surface area contributed by atoms with Gasteiger partial charge in [-0.05, 0) is 21.5 Å². The predicted octanol–water partition coefficient (Wildman–Crippen LogP) is 40.2. The van der Waals surface area contributed by atoms with Crippen molar-refractivity contribution in [1.82, 2.24) is 0 Å². The number of fused-ring (bicyclic) bond motifs is 2. The summed E-state index contributed by atoms with van der Waals surface area (Å²) in [6, 6.07) is 105. The molecule has 0 N–H and O–H groups in total. The Morgan fingerprint density at radius 1 is 0.0962 bits per heavy atom. The number of hydrogen-bond acceptors (Lipinski definition) is 0. The number of rotatable bonds is 0. The third kappa shape index (κ3) is 199. The van der Waals surface area contributed by atoms with E-state index in [1.165, 1.54) is 34.4 Å². The Balaban J connectivity index is -0.0000000370. The van der Waals surface area contributed by atoms with Gasteiger partial charge in [-0.3, -0.25) is 0 Å². The van der Waals surface area contributed by atoms with Gasteiger partial charge >= 0.3 is 0 Å². The fraction of sp³-hybridized carbons (Fsp3) is 0.462. The Labute approximate surface area is 664 Å². The summed E-state index contributed by atoms with van der Waals surface area (Å²) in [5, 5.41) is 5.24. The van der Waals surface area contributed by atoms with E-state index < -0.39 is 0 Å². The molecule has 0 saturated carbocycles. The minimum absolute atomic E-state index is 1.25. The molecule has 0 unspecified atom stereocenters. The fourth-order valence-electron chi connectivity index (χ4n) is 4.58. The van der Waals surface area contributed by atoms with Gasteiger partial charge in [-0.25, -0.2) is 0 Å². The SMILES string of the molecule is CC.CC.CC.CC.CC.CC.CC.CC.CC.CC.CC.CC.CC.CC.CC.CC.CC.CC.CC.CC.CC.CCC.CCC.c1ccc2ccccc2c1.c1ccc2ccccc2c1.c1ccccc1.c1ccccc1.c1ccccc1.c1ccccc1.c1ccccc1.c1ccccc1. The van der Waals surface area contributed by atoms with Crippen LogP contribution in [0.25, 0.3) is 21.5 Å². The summed E-state index contributed by atoms with van der Waals surface area (Å²) in [6.45, 7) is 92.5. The van der Waals surface area contributed by atoms with Gasteiger partial charge in [-0.2, -0.15) is 0 Å². The molecular weight excluding hydrogens is 1250 g/mol. The van der Waals surface area contributed by atoms with E-state index in [0.717, 1.165) is 0 Å². The predicted molar refractivity (Wildman–Crippen MR) is 517 cm³/mol. The molecule has 0 heterocycles. The van der Waals surface area contributed by atoms with Crippen LogP contribution in [0.15, 0.2) is 315 Å². The molecule has 0 bridgehead atoms. The lowest BCUT2D eigenvalue weighted by atomic mass is 10.1. The Hall–Kier alpha value is -7.28. The van der Waals surface area contributed by atoms with Crippen LogP contribution in [0.5, 0.6) is 0 Å². The van der Waals surface area contributed by atoms with Crippen molar-refractivity contribution >= 4 is 21.5 Å². The fourth-order valence-corrected chi connectivity index (χ4v) is 4.58. The van der Waals surface area contributed by atoms with Crippen molar-refractivity contribution < 1.29 is 0 Å². The van der Waals surface area contributed by atoms with Crippen LogP contribution < -0.4 is 0 Å². The first-order chi connectivity index (χ1) is 51.8. The molecule has 104 heavy (non-hydrogen) atoms. The van der Waals surface area contributed by atoms with Gasteiger partial charge in [0.15, 0.2) is 0 Å². The van der Waals surface area contributed by atoms with E-state index in [4.69, 9.17) is 0 Å². The molecule has 0 aliphatic carbocycles. The zero-order chi connectivity index (χ0) is 86.5. The molecule has 0 radical (unpaired) electrons. The van der Waals surface area contributed by atoms with Gasteiger partial charge in [0.05, 0.1) is 0 Å². The summed E-state index contributed by atoms with van der Waals surface area (Å²) in [4.78, 5) is 0. The summed E-state index contributed by atoms with van der Waals surface area (Å²) < 4.78 is 0. The highest BCUT2D eigenvalue weighted by Gasteiger charge is 1.86. The van der Waals surface area contributed by atoms with Crippen molar-refractivity contribution in [3.8, 4) is 0 Å². The largest absolute Gasteiger partial charge is 0.0683 e. The van der Waals surface area contributed by atoms with Crippen LogP contribution in [0.1, 0.15) is 331 Å². The first-order valence-electron chi connectivity index (χ1n) is 42.6. The monoisotopic (exact) mass is 1440 g/mol. The topological polar surface area (TPSA) is 0 Å². The van der Waals surface area contributed by atoms with Gasteiger partial charge in [-0.1, -0.05) is 647 Å². The molecule has 10 rings (SSSR count). The van der Waals surface area contributed by atoms with E-state index in [1.54, 1.807) is 0 Å². The lowest BCUT2D eigenvalue weighted by Crippen LogP contribution is -1.67. The molecule has 10 aromatic rings. The van der Waals surface area contributed by atoms with Gasteiger partial charge in [0.1, 0.15) is 0 Å². The highest BCUT2D eigenvalue weighted by atomic mass is 13.9. The Morgan fingerprint density at radius 2 is 0.135 bits per heavy atom. The van der Waals surface area contributed by atoms with E-state index in [0.29, 0.717) is 0 Å². The molecule has 0 atom stereocenters. The average Bonchev–Trinajstić information content (AvgIpc) is 0.887. The molecule has 0 nitrogen and oxygen atoms in total. The first-order valence-corrected chi connectivity index (χ1v) is 42.6. The molecule has 0 heteroatoms. The molecule has 0 saturated heterocycles. The van der Waals surface area contributed by atoms with E-state index in [1.807, 2.05) is 509 Å². The zero-order valence-electron chi connectivity index (χ0n) is 79.4. The molecule has 610 valence electrons. The Kier molecular flexibility index (Phi) is 370. The van der Waals surface area contributed by atoms with Crippen LogP contribution in [-0.4, -0.2) is 0 Å². The highest BCUT2D eigenvalue weighted by Crippen LogP contribution is 2.12. The summed E-state index contributed by atoms with van der Waals surface area (Å²) in [7, 11) is 0. The lowest BCUT2D eigenvalue weighted by Gasteiger charge is -1.92. The summed E-state index contributed by atoms with van der Waals surface area (Å²) in [5.41, 5.74) is 0. The Morgan fingerprint density at radius 3 is 0.173 bits per heavy atom. The van der Waals surface area contributed by atoms with Crippen LogP contribution in [0.2, 0.25) is 0 Å². The minimum atomic E-state index is 1.25. The van der Waals surface area contributed by atoms with Crippen LogP contribution in [0, 0.1) is 0 Å². The van der Waals surface area contributed by atoms with Crippen molar-refractivity contribution in [2.24, 2.45) is 0 Å². The van der Waals surface area contributed by atoms with Crippen molar-refractivity contribution in [2.75, 3.05) is 0 Å². The third-order valence-corrected chi connectivity index (χ3v) is 7.32. The second-order valence-electron chi connectivity index (χ2n) is 13.0. The second kappa shape index (κ2) is 249. The summed E-state index contributed by atoms with van der Waals surface area (Å²) in [6.07, 6.45) is 2.50. The number of hydrogen-bond donors (Lipinski definition) is 0. The maximum atomic E-state index is 2.12. The van der Waals surface area contributed by atoms with Crippen LogP contribution in [0.4, 0.5) is 0 Å². The molecule has 0 fully saturated rings. The van der Waals surface area contributed by atoms with Gasteiger partial charge in [0, 0.05) is 0 Å². The molecule has 0 aliphatic heterocycles. The Bertz CT molecular complexity index is 1650. The van der Waals surface area contributed by atoms with Gasteiger partial charge < -0.3 is 0 Å². The standard InChI is InChI=1S/2C10H8.6C6H6.2C3H8.21C2H6/c2*1-2-6-10-8-4-3-7-9(10)5-1;6*1-2-4-6-5-3-1;2*1-3-2;21*1-2/h2*1-8H;6*1-6H;2*3H2,1-2H3;21*1-2H3. The van der Waals surface area contributed by atoms with Gasteiger partial charge in [0.2, 0.25) is 0 Å². The van der Waals surface area contributed by atoms with Crippen molar-refractivity contribution in [3.63, 3.8) is 0 Å². The molecule has 0 aromatic heterocycles. The molecular formula is C104H194. The van der Waals surface area contributed by atoms with E-state index >= 15 is 0 Å². The first kappa shape index (κ1) is 155. The molecule has 10 aromatic carbocycles. The quantitative estimate of drug-likeness (QED) is 0.142. The summed E-state index contributed by atoms with van der Waals surface area (Å²) >= 11 is 0. The molecule has 0 spiro atoms. The van der Waals surface area contributed by atoms with Crippen LogP contribution in [0.3, 0.4) is 0 Å². The van der Waals surface area contributed by atoms with E-state index in [2.05, 4.69) is 125 Å². The van der Waals surface area contributed by atoms with Gasteiger partial charge in [-0.15, -0.1) is 0 Å². The molecule has 0 amide bonds. The lowest BCUT2D eigenvalue weighted by molar-refractivity contribution is 1.09. The van der Waals surface area contributed by atoms with Crippen molar-refractivity contribution in [2.45, 2.75) is 331 Å². The van der Waals surface area contributed by atoms with E-state index in [-0.39, 0.29) is 0 Å². The van der Waals surface area contributed by atoms with Crippen molar-refractivity contribution in [3.05, 3.63) is 315 Å². The van der Waals surface area contributed by atoms with Crippen LogP contribution in [-0.2, 0) is 0 Å². The second-order valence-corrected chi connectivity index (χ2v) is 13.0. The highest BCUT2D eigenvalue weighted by molar-refractivity contribution is 5.82. The van der Waals surface area contributed by atoms with Gasteiger partial charge in [0.25, 0.3) is 0 Å². The summed E-state index contributed by atoms with van der Waals surface area (Å²) in [5.74, 6) is 0. The van der Waals surface area contributed by atoms with Crippen molar-refractivity contribution in [1.29, 1.82) is 0 Å².